The molecule has 1 heterocycles. The zero-order valence-corrected chi connectivity index (χ0v) is 16.1. The van der Waals surface area contributed by atoms with Crippen molar-refractivity contribution in [2.45, 2.75) is 25.4 Å². The highest BCUT2D eigenvalue weighted by molar-refractivity contribution is 6.11. The largest absolute Gasteiger partial charge is 0.362 e. The van der Waals surface area contributed by atoms with E-state index in [1.54, 1.807) is 19.1 Å². The molecule has 11 heteroatoms. The third-order valence-electron chi connectivity index (χ3n) is 4.14. The topological polar surface area (TPSA) is 197 Å². The van der Waals surface area contributed by atoms with Gasteiger partial charge < -0.3 is 5.32 Å². The van der Waals surface area contributed by atoms with Crippen LogP contribution >= 0.6 is 0 Å². The molecule has 2 rings (SSSR count). The van der Waals surface area contributed by atoms with Crippen LogP contribution < -0.4 is 5.32 Å². The molecule has 0 aliphatic heterocycles. The molecular formula is C20H12N11+. The van der Waals surface area contributed by atoms with E-state index in [1.165, 1.54) is 6.08 Å². The zero-order chi connectivity index (χ0) is 23.0. The highest BCUT2D eigenvalue weighted by Crippen LogP contribution is 2.35. The summed E-state index contributed by atoms with van der Waals surface area (Å²) in [6, 6.07) is 7.04. The number of aromatic nitrogens is 2. The van der Waals surface area contributed by atoms with Gasteiger partial charge in [0.1, 0.15) is 35.6 Å². The number of aryl methyl sites for hydroxylation is 1. The van der Waals surface area contributed by atoms with Gasteiger partial charge in [0.2, 0.25) is 0 Å². The molecule has 2 N–H and O–H groups in total. The van der Waals surface area contributed by atoms with Gasteiger partial charge in [0.05, 0.1) is 29.6 Å². The minimum absolute atomic E-state index is 0.0788. The Balaban J connectivity index is 2.72. The Morgan fingerprint density at radius 3 is 2.55 bits per heavy atom. The maximum absolute atomic E-state index is 9.28. The molecule has 0 saturated carbocycles. The van der Waals surface area contributed by atoms with Crippen molar-refractivity contribution in [1.82, 2.24) is 15.3 Å². The number of aliphatic imine (C=N–C) groups is 1. The maximum atomic E-state index is 9.28. The molecule has 0 saturated heterocycles. The van der Waals surface area contributed by atoms with Gasteiger partial charge in [-0.1, -0.05) is 4.85 Å². The van der Waals surface area contributed by atoms with Gasteiger partial charge in [-0.2, -0.15) is 26.3 Å². The molecule has 0 spiro atoms. The summed E-state index contributed by atoms with van der Waals surface area (Å²) in [5, 5.41) is 55.8. The van der Waals surface area contributed by atoms with Crippen LogP contribution in [-0.4, -0.2) is 27.4 Å². The lowest BCUT2D eigenvalue weighted by atomic mass is 9.93. The molecule has 0 amide bonds. The van der Waals surface area contributed by atoms with Gasteiger partial charge in [-0.15, -0.1) is 0 Å². The summed E-state index contributed by atoms with van der Waals surface area (Å²) >= 11 is 0. The number of nitrogens with one attached hydrogen (secondary N) is 2. The lowest BCUT2D eigenvalue weighted by Crippen LogP contribution is -2.30. The molecular weight excluding hydrogens is 394 g/mol. The van der Waals surface area contributed by atoms with E-state index >= 15 is 0 Å². The first-order chi connectivity index (χ1) is 14.9. The van der Waals surface area contributed by atoms with Crippen molar-refractivity contribution in [3.63, 3.8) is 0 Å². The minimum Gasteiger partial charge on any atom is -0.362 e. The number of fused-ring (bicyclic) bond motifs is 1. The molecule has 146 valence electrons. The quantitative estimate of drug-likeness (QED) is 0.544. The zero-order valence-electron chi connectivity index (χ0n) is 16.1. The van der Waals surface area contributed by atoms with Gasteiger partial charge in [0.15, 0.2) is 23.1 Å². The molecule has 0 bridgehead atoms. The number of nitriles is 5. The molecule has 2 unspecified atom stereocenters. The Morgan fingerprint density at radius 1 is 1.26 bits per heavy atom. The van der Waals surface area contributed by atoms with Crippen LogP contribution in [0.15, 0.2) is 22.5 Å². The summed E-state index contributed by atoms with van der Waals surface area (Å²) in [6.07, 6.45) is 2.36. The number of rotatable bonds is 5. The fourth-order valence-corrected chi connectivity index (χ4v) is 2.68. The lowest BCUT2D eigenvalue weighted by molar-refractivity contribution is 0.626. The predicted molar refractivity (Wildman–Crippen MR) is 108 cm³/mol. The minimum atomic E-state index is -0.936. The van der Waals surface area contributed by atoms with Crippen molar-refractivity contribution >= 4 is 17.5 Å². The van der Waals surface area contributed by atoms with Gasteiger partial charge in [0, 0.05) is 6.20 Å². The van der Waals surface area contributed by atoms with Crippen LogP contribution in [0.2, 0.25) is 0 Å². The van der Waals surface area contributed by atoms with Gasteiger partial charge >= 0.3 is 6.04 Å². The lowest BCUT2D eigenvalue weighted by Gasteiger charge is -2.22. The summed E-state index contributed by atoms with van der Waals surface area (Å²) < 4.78 is 0. The van der Waals surface area contributed by atoms with Crippen LogP contribution in [0.4, 0.5) is 0 Å². The molecule has 1 aliphatic rings. The van der Waals surface area contributed by atoms with Crippen molar-refractivity contribution < 1.29 is 0 Å². The second-order valence-electron chi connectivity index (χ2n) is 6.00. The predicted octanol–water partition coefficient (Wildman–Crippen LogP) is 1.80. The smallest absolute Gasteiger partial charge is 0.342 e. The van der Waals surface area contributed by atoms with E-state index < -0.39 is 17.8 Å². The van der Waals surface area contributed by atoms with E-state index in [4.69, 9.17) is 27.8 Å². The van der Waals surface area contributed by atoms with E-state index in [2.05, 4.69) is 25.1 Å². The fraction of sp³-hybridized carbons (Fsp3) is 0.200. The summed E-state index contributed by atoms with van der Waals surface area (Å²) in [5.41, 5.74) is 0.420. The van der Waals surface area contributed by atoms with Crippen molar-refractivity contribution in [3.8, 4) is 36.9 Å². The molecule has 11 nitrogen and oxygen atoms in total. The van der Waals surface area contributed by atoms with Crippen molar-refractivity contribution in [2.75, 3.05) is 0 Å². The van der Waals surface area contributed by atoms with Crippen LogP contribution in [0.3, 0.4) is 0 Å². The number of allylic oxidation sites excluding steroid dienone is 1. The molecule has 1 aliphatic carbocycles. The summed E-state index contributed by atoms with van der Waals surface area (Å²) in [4.78, 5) is 16.7. The van der Waals surface area contributed by atoms with Crippen LogP contribution in [0.1, 0.15) is 35.2 Å². The van der Waals surface area contributed by atoms with Gasteiger partial charge in [0.25, 0.3) is 6.57 Å². The standard InChI is InChI=1S/C20H12N11/c1-11-17(9-25)31-16-5-15(28-10-12(6-22)14(26)8-24)18(20(27-2)19(16)29-11)30-13(7-23)3-4-21/h2,5,10,18,20,26,28H,3H2,1H3/q+1/b12-10?,26-14?,30-13+. The summed E-state index contributed by atoms with van der Waals surface area (Å²) in [6.45, 7) is 7.21. The Morgan fingerprint density at radius 2 is 2.00 bits per heavy atom. The molecule has 1 aromatic heterocycles. The second-order valence-corrected chi connectivity index (χ2v) is 6.00. The van der Waals surface area contributed by atoms with Crippen LogP contribution in [0.25, 0.3) is 10.9 Å². The molecule has 0 aromatic carbocycles. The van der Waals surface area contributed by atoms with E-state index in [9.17, 15) is 10.5 Å². The van der Waals surface area contributed by atoms with E-state index in [1.807, 2.05) is 18.2 Å². The van der Waals surface area contributed by atoms with Crippen LogP contribution in [0, 0.1) is 75.6 Å². The second kappa shape index (κ2) is 9.72. The van der Waals surface area contributed by atoms with Crippen molar-refractivity contribution in [2.24, 2.45) is 4.99 Å². The first-order valence-electron chi connectivity index (χ1n) is 8.53. The first kappa shape index (κ1) is 21.9. The number of hydrogen-bond acceptors (Lipinski definition) is 10. The number of nitrogens with zero attached hydrogens (tertiary/aromatic N) is 9. The molecule has 0 fully saturated rings. The van der Waals surface area contributed by atoms with Gasteiger partial charge in [-0.3, -0.25) is 10.4 Å². The third-order valence-corrected chi connectivity index (χ3v) is 4.14. The average molecular weight is 406 g/mol. The van der Waals surface area contributed by atoms with Crippen LogP contribution in [0.5, 0.6) is 0 Å². The Hall–Kier alpha value is -5.36. The van der Waals surface area contributed by atoms with Crippen LogP contribution in [-0.2, 0) is 0 Å². The normalized spacial score (nSPS) is 17.2. The highest BCUT2D eigenvalue weighted by Gasteiger charge is 2.42. The van der Waals surface area contributed by atoms with Gasteiger partial charge in [-0.25, -0.2) is 9.97 Å². The Bertz CT molecular complexity index is 1290. The monoisotopic (exact) mass is 406 g/mol. The SMILES string of the molecule is C#[N+]C1c2nc(C)c(C#N)nc2C=C(NC=C(C#N)C(=N)C#N)C1/N=C(/C#N)CC#N. The average Bonchev–Trinajstić information content (AvgIpc) is 2.78. The van der Waals surface area contributed by atoms with Gasteiger partial charge in [-0.05, 0) is 13.0 Å². The summed E-state index contributed by atoms with van der Waals surface area (Å²) in [5.74, 6) is 0. The Kier molecular flexibility index (Phi) is 6.88. The number of hydrogen-bond donors (Lipinski definition) is 2. The Labute approximate surface area is 177 Å². The fourth-order valence-electron chi connectivity index (χ4n) is 2.68. The van der Waals surface area contributed by atoms with Crippen molar-refractivity contribution in [3.05, 3.63) is 45.1 Å². The first-order valence-corrected chi connectivity index (χ1v) is 8.53. The summed E-state index contributed by atoms with van der Waals surface area (Å²) in [7, 11) is 0. The third kappa shape index (κ3) is 4.56. The maximum Gasteiger partial charge on any atom is 0.342 e. The van der Waals surface area contributed by atoms with Crippen molar-refractivity contribution in [1.29, 1.82) is 31.7 Å². The molecule has 1 aromatic rings. The van der Waals surface area contributed by atoms with E-state index in [0.29, 0.717) is 11.4 Å². The van der Waals surface area contributed by atoms with E-state index in [0.717, 1.165) is 6.20 Å². The van der Waals surface area contributed by atoms with E-state index in [-0.39, 0.29) is 34.8 Å². The molecule has 2 atom stereocenters. The molecule has 31 heavy (non-hydrogen) atoms. The highest BCUT2D eigenvalue weighted by atomic mass is 15.0. The molecule has 0 radical (unpaired) electrons.